The average Bonchev–Trinajstić information content (AvgIpc) is 3.39. The smallest absolute Gasteiger partial charge is 0.407 e. The second-order valence-corrected chi connectivity index (χ2v) is 9.29. The first-order chi connectivity index (χ1) is 13.3. The van der Waals surface area contributed by atoms with Gasteiger partial charge in [-0.05, 0) is 70.8 Å². The molecule has 3 rings (SSSR count). The van der Waals surface area contributed by atoms with E-state index in [1.165, 1.54) is 12.0 Å². The number of nitrogens with one attached hydrogen (secondary N) is 2. The van der Waals surface area contributed by atoms with E-state index in [4.69, 9.17) is 4.74 Å². The minimum atomic E-state index is -0.436. The molecule has 2 fully saturated rings. The lowest BCUT2D eigenvalue weighted by atomic mass is 9.91. The first-order valence-corrected chi connectivity index (χ1v) is 10.8. The lowest BCUT2D eigenvalue weighted by Crippen LogP contribution is -2.44. The fourth-order valence-electron chi connectivity index (χ4n) is 4.21. The molecule has 4 nitrogen and oxygen atoms in total. The summed E-state index contributed by atoms with van der Waals surface area (Å²) in [5.74, 6) is 0.683. The molecule has 154 valence electrons. The van der Waals surface area contributed by atoms with Gasteiger partial charge in [-0.1, -0.05) is 48.9 Å². The quantitative estimate of drug-likeness (QED) is 0.700. The zero-order valence-electron chi connectivity index (χ0n) is 17.8. The maximum atomic E-state index is 11.9. The van der Waals surface area contributed by atoms with Gasteiger partial charge in [0.15, 0.2) is 0 Å². The number of ether oxygens (including phenoxy) is 1. The van der Waals surface area contributed by atoms with Crippen LogP contribution in [0.1, 0.15) is 71.8 Å². The Kier molecular flexibility index (Phi) is 6.82. The van der Waals surface area contributed by atoms with Crippen LogP contribution >= 0.6 is 0 Å². The monoisotopic (exact) mass is 384 g/mol. The third-order valence-corrected chi connectivity index (χ3v) is 5.72. The summed E-state index contributed by atoms with van der Waals surface area (Å²) in [6, 6.07) is 12.1. The minimum Gasteiger partial charge on any atom is -0.444 e. The van der Waals surface area contributed by atoms with Gasteiger partial charge in [-0.2, -0.15) is 0 Å². The van der Waals surface area contributed by atoms with Crippen molar-refractivity contribution >= 4 is 12.2 Å². The van der Waals surface area contributed by atoms with E-state index in [-0.39, 0.29) is 12.1 Å². The van der Waals surface area contributed by atoms with Crippen molar-refractivity contribution in [2.24, 2.45) is 5.92 Å². The largest absolute Gasteiger partial charge is 0.444 e. The van der Waals surface area contributed by atoms with Gasteiger partial charge in [-0.15, -0.1) is 0 Å². The van der Waals surface area contributed by atoms with Crippen molar-refractivity contribution in [1.82, 2.24) is 10.6 Å². The topological polar surface area (TPSA) is 50.4 Å². The molecular formula is C24H36N2O2. The molecule has 2 atom stereocenters. The van der Waals surface area contributed by atoms with Crippen LogP contribution < -0.4 is 10.6 Å². The standard InChI is InChI=1S/C24H36N2O2/c1-5-18(15-17-9-7-6-8-10-17)21-16-22(21)25-19-11-13-20(14-12-19)26-23(27)28-24(2,3)4/h6-10,15,19-22,25H,5,11-14,16H2,1-4H3,(H,26,27)/b18-15+/t19-,20-,21-,22+/m0/s1. The highest BCUT2D eigenvalue weighted by atomic mass is 16.6. The van der Waals surface area contributed by atoms with Gasteiger partial charge in [0.25, 0.3) is 0 Å². The highest BCUT2D eigenvalue weighted by Crippen LogP contribution is 2.40. The molecule has 0 saturated heterocycles. The summed E-state index contributed by atoms with van der Waals surface area (Å²) >= 11 is 0. The molecule has 4 heteroatoms. The van der Waals surface area contributed by atoms with E-state index in [2.05, 4.69) is 54.0 Å². The van der Waals surface area contributed by atoms with Crippen molar-refractivity contribution in [2.75, 3.05) is 0 Å². The summed E-state index contributed by atoms with van der Waals surface area (Å²) in [6.45, 7) is 7.96. The van der Waals surface area contributed by atoms with Crippen LogP contribution in [0.25, 0.3) is 6.08 Å². The second kappa shape index (κ2) is 9.13. The van der Waals surface area contributed by atoms with Crippen molar-refractivity contribution in [3.63, 3.8) is 0 Å². The highest BCUT2D eigenvalue weighted by Gasteiger charge is 2.40. The molecule has 1 amide bonds. The maximum absolute atomic E-state index is 11.9. The summed E-state index contributed by atoms with van der Waals surface area (Å²) in [7, 11) is 0. The lowest BCUT2D eigenvalue weighted by Gasteiger charge is -2.30. The molecule has 0 aliphatic heterocycles. The lowest BCUT2D eigenvalue weighted by molar-refractivity contribution is 0.0489. The molecule has 0 bridgehead atoms. The van der Waals surface area contributed by atoms with E-state index < -0.39 is 5.60 Å². The summed E-state index contributed by atoms with van der Waals surface area (Å²) < 4.78 is 5.37. The molecule has 0 aromatic heterocycles. The third kappa shape index (κ3) is 6.37. The fourth-order valence-corrected chi connectivity index (χ4v) is 4.21. The van der Waals surface area contributed by atoms with Crippen molar-refractivity contribution in [1.29, 1.82) is 0 Å². The van der Waals surface area contributed by atoms with E-state index in [0.29, 0.717) is 18.0 Å². The normalized spacial score (nSPS) is 27.9. The van der Waals surface area contributed by atoms with Gasteiger partial charge < -0.3 is 15.4 Å². The number of benzene rings is 1. The number of hydrogen-bond acceptors (Lipinski definition) is 3. The van der Waals surface area contributed by atoms with Gasteiger partial charge in [0.05, 0.1) is 0 Å². The highest BCUT2D eigenvalue weighted by molar-refractivity contribution is 5.68. The summed E-state index contributed by atoms with van der Waals surface area (Å²) in [4.78, 5) is 11.9. The number of alkyl carbamates (subject to hydrolysis) is 1. The van der Waals surface area contributed by atoms with Crippen LogP contribution in [0.3, 0.4) is 0 Å². The Morgan fingerprint density at radius 1 is 1.11 bits per heavy atom. The number of carbonyl (C=O) groups excluding carboxylic acids is 1. The molecular weight excluding hydrogens is 348 g/mol. The maximum Gasteiger partial charge on any atom is 0.407 e. The molecule has 0 radical (unpaired) electrons. The van der Waals surface area contributed by atoms with Crippen molar-refractivity contribution in [3.8, 4) is 0 Å². The predicted octanol–water partition coefficient (Wildman–Crippen LogP) is 5.29. The van der Waals surface area contributed by atoms with Crippen LogP contribution in [0.15, 0.2) is 35.9 Å². The van der Waals surface area contributed by atoms with Crippen LogP contribution in [0, 0.1) is 5.92 Å². The summed E-state index contributed by atoms with van der Waals surface area (Å²) in [6.07, 6.45) is 8.73. The number of rotatable bonds is 6. The number of carbonyl (C=O) groups is 1. The van der Waals surface area contributed by atoms with Crippen LogP contribution in [0.5, 0.6) is 0 Å². The van der Waals surface area contributed by atoms with Gasteiger partial charge in [-0.25, -0.2) is 4.79 Å². The third-order valence-electron chi connectivity index (χ3n) is 5.72. The van der Waals surface area contributed by atoms with Crippen molar-refractivity contribution in [3.05, 3.63) is 41.5 Å². The Morgan fingerprint density at radius 3 is 2.36 bits per heavy atom. The fraction of sp³-hybridized carbons (Fsp3) is 0.625. The Hall–Kier alpha value is -1.81. The van der Waals surface area contributed by atoms with Crippen LogP contribution in [-0.2, 0) is 4.74 Å². The Labute approximate surface area is 170 Å². The van der Waals surface area contributed by atoms with Crippen molar-refractivity contribution < 1.29 is 9.53 Å². The van der Waals surface area contributed by atoms with Crippen LogP contribution in [0.4, 0.5) is 4.79 Å². The zero-order valence-corrected chi connectivity index (χ0v) is 17.8. The number of amides is 1. The Morgan fingerprint density at radius 2 is 1.75 bits per heavy atom. The first-order valence-electron chi connectivity index (χ1n) is 10.8. The van der Waals surface area contributed by atoms with Gasteiger partial charge in [0.2, 0.25) is 0 Å². The zero-order chi connectivity index (χ0) is 20.1. The molecule has 28 heavy (non-hydrogen) atoms. The average molecular weight is 385 g/mol. The SMILES string of the molecule is CC/C(=C\c1ccccc1)[C@@H]1C[C@H]1N[C@H]1CC[C@H](NC(=O)OC(C)(C)C)CC1. The van der Waals surface area contributed by atoms with Gasteiger partial charge in [0, 0.05) is 18.1 Å². The molecule has 2 saturated carbocycles. The molecule has 0 spiro atoms. The van der Waals surface area contributed by atoms with E-state index in [0.717, 1.165) is 32.1 Å². The molecule has 1 aromatic rings. The Balaban J connectivity index is 1.41. The molecule has 0 heterocycles. The molecule has 2 aliphatic carbocycles. The van der Waals surface area contributed by atoms with Gasteiger partial charge >= 0.3 is 6.09 Å². The second-order valence-electron chi connectivity index (χ2n) is 9.29. The van der Waals surface area contributed by atoms with E-state index in [1.54, 1.807) is 5.57 Å². The molecule has 1 aromatic carbocycles. The Bertz CT molecular complexity index is 670. The first kappa shape index (κ1) is 20.9. The van der Waals surface area contributed by atoms with E-state index in [9.17, 15) is 4.79 Å². The molecule has 2 N–H and O–H groups in total. The summed E-state index contributed by atoms with van der Waals surface area (Å²) in [5.41, 5.74) is 2.43. The van der Waals surface area contributed by atoms with Gasteiger partial charge in [0.1, 0.15) is 5.60 Å². The minimum absolute atomic E-state index is 0.243. The van der Waals surface area contributed by atoms with Crippen LogP contribution in [-0.4, -0.2) is 29.8 Å². The van der Waals surface area contributed by atoms with E-state index >= 15 is 0 Å². The molecule has 0 unspecified atom stereocenters. The van der Waals surface area contributed by atoms with Gasteiger partial charge in [-0.3, -0.25) is 0 Å². The van der Waals surface area contributed by atoms with E-state index in [1.807, 2.05) is 20.8 Å². The number of hydrogen-bond donors (Lipinski definition) is 2. The summed E-state index contributed by atoms with van der Waals surface area (Å²) in [5, 5.41) is 6.90. The van der Waals surface area contributed by atoms with Crippen LogP contribution in [0.2, 0.25) is 0 Å². The molecule has 2 aliphatic rings. The van der Waals surface area contributed by atoms with Crippen molar-refractivity contribution in [2.45, 2.75) is 89.9 Å². The predicted molar refractivity (Wildman–Crippen MR) is 115 cm³/mol.